The minimum absolute atomic E-state index is 0.182. The molecule has 6 nitrogen and oxygen atoms in total. The van der Waals surface area contributed by atoms with Gasteiger partial charge in [-0.05, 0) is 18.4 Å². The Morgan fingerprint density at radius 2 is 1.87 bits per heavy atom. The third-order valence-electron chi connectivity index (χ3n) is 4.77. The number of anilines is 1. The number of carbonyl (C=O) groups excluding carboxylic acids is 1. The lowest BCUT2D eigenvalue weighted by Crippen LogP contribution is -2.34. The highest BCUT2D eigenvalue weighted by molar-refractivity contribution is 6.01. The molecule has 1 aromatic heterocycles. The molecule has 1 heterocycles. The Labute approximate surface area is 174 Å². The summed E-state index contributed by atoms with van der Waals surface area (Å²) in [5.41, 5.74) is 2.77. The number of hydrogen-bond acceptors (Lipinski definition) is 4. The average molecular weight is 398 g/mol. The normalized spacial score (nSPS) is 10.7. The number of nitrogens with zero attached hydrogens (tertiary/aromatic N) is 3. The minimum Gasteiger partial charge on any atom is -0.337 e. The van der Waals surface area contributed by atoms with Crippen molar-refractivity contribution < 1.29 is 9.32 Å². The number of carbonyl (C=O) groups is 1. The van der Waals surface area contributed by atoms with E-state index in [0.717, 1.165) is 27.6 Å². The number of amides is 2. The van der Waals surface area contributed by atoms with Crippen LogP contribution in [-0.4, -0.2) is 27.6 Å². The predicted molar refractivity (Wildman–Crippen MR) is 118 cm³/mol. The van der Waals surface area contributed by atoms with Gasteiger partial charge in [-0.3, -0.25) is 0 Å². The molecule has 0 aliphatic heterocycles. The SMILES string of the molecule is C=CCN(Cc1nc(-c2ccc(C)cc2)no1)C(=O)Nc1cccc2ccccc12. The molecular formula is C24H22N4O2. The second kappa shape index (κ2) is 8.61. The first-order valence-corrected chi connectivity index (χ1v) is 9.68. The number of nitrogens with one attached hydrogen (secondary N) is 1. The Morgan fingerprint density at radius 1 is 1.10 bits per heavy atom. The average Bonchev–Trinajstić information content (AvgIpc) is 3.23. The van der Waals surface area contributed by atoms with E-state index in [1.807, 2.05) is 73.7 Å². The molecule has 0 saturated carbocycles. The van der Waals surface area contributed by atoms with Crippen LogP contribution >= 0.6 is 0 Å². The van der Waals surface area contributed by atoms with Crippen LogP contribution in [0.2, 0.25) is 0 Å². The summed E-state index contributed by atoms with van der Waals surface area (Å²) in [6.07, 6.45) is 1.67. The van der Waals surface area contributed by atoms with Crippen molar-refractivity contribution in [2.75, 3.05) is 11.9 Å². The van der Waals surface area contributed by atoms with Gasteiger partial charge in [0, 0.05) is 17.5 Å². The molecule has 0 aliphatic rings. The van der Waals surface area contributed by atoms with Crippen LogP contribution < -0.4 is 5.32 Å². The summed E-state index contributed by atoms with van der Waals surface area (Å²) in [5, 5.41) is 9.07. The monoisotopic (exact) mass is 398 g/mol. The number of benzene rings is 3. The van der Waals surface area contributed by atoms with Crippen LogP contribution in [0.4, 0.5) is 10.5 Å². The number of aromatic nitrogens is 2. The Kier molecular flexibility index (Phi) is 5.57. The molecule has 3 aromatic carbocycles. The Morgan fingerprint density at radius 3 is 2.67 bits per heavy atom. The van der Waals surface area contributed by atoms with E-state index in [9.17, 15) is 4.79 Å². The van der Waals surface area contributed by atoms with Gasteiger partial charge in [0.25, 0.3) is 0 Å². The zero-order chi connectivity index (χ0) is 20.9. The second-order valence-electron chi connectivity index (χ2n) is 7.00. The van der Waals surface area contributed by atoms with Crippen LogP contribution in [-0.2, 0) is 6.54 Å². The topological polar surface area (TPSA) is 71.3 Å². The van der Waals surface area contributed by atoms with Crippen molar-refractivity contribution >= 4 is 22.5 Å². The van der Waals surface area contributed by atoms with Crippen LogP contribution in [0.1, 0.15) is 11.5 Å². The highest BCUT2D eigenvalue weighted by Gasteiger charge is 2.18. The summed E-state index contributed by atoms with van der Waals surface area (Å²) < 4.78 is 5.38. The molecule has 4 aromatic rings. The number of fused-ring (bicyclic) bond motifs is 1. The van der Waals surface area contributed by atoms with E-state index in [-0.39, 0.29) is 12.6 Å². The van der Waals surface area contributed by atoms with Gasteiger partial charge in [0.15, 0.2) is 0 Å². The maximum Gasteiger partial charge on any atom is 0.322 e. The lowest BCUT2D eigenvalue weighted by Gasteiger charge is -2.20. The third-order valence-corrected chi connectivity index (χ3v) is 4.77. The molecule has 0 atom stereocenters. The Bertz CT molecular complexity index is 1180. The number of aryl methyl sites for hydroxylation is 1. The highest BCUT2D eigenvalue weighted by atomic mass is 16.5. The van der Waals surface area contributed by atoms with Gasteiger partial charge < -0.3 is 14.7 Å². The van der Waals surface area contributed by atoms with E-state index in [0.29, 0.717) is 18.3 Å². The number of rotatable bonds is 6. The smallest absolute Gasteiger partial charge is 0.322 e. The zero-order valence-electron chi connectivity index (χ0n) is 16.7. The second-order valence-corrected chi connectivity index (χ2v) is 7.00. The zero-order valence-corrected chi connectivity index (χ0v) is 16.7. The van der Waals surface area contributed by atoms with Crippen LogP contribution in [0.5, 0.6) is 0 Å². The van der Waals surface area contributed by atoms with Crippen molar-refractivity contribution in [2.24, 2.45) is 0 Å². The molecule has 6 heteroatoms. The molecule has 0 spiro atoms. The molecule has 0 radical (unpaired) electrons. The van der Waals surface area contributed by atoms with E-state index >= 15 is 0 Å². The van der Waals surface area contributed by atoms with Gasteiger partial charge in [0.05, 0.1) is 5.69 Å². The van der Waals surface area contributed by atoms with Gasteiger partial charge in [0.2, 0.25) is 11.7 Å². The Balaban J connectivity index is 1.51. The third kappa shape index (κ3) is 4.22. The molecule has 0 aliphatic carbocycles. The standard InChI is InChI=1S/C24H22N4O2/c1-3-15-28(16-22-26-23(27-30-22)19-13-11-17(2)12-14-19)24(29)25-21-10-6-8-18-7-4-5-9-20(18)21/h3-14H,1,15-16H2,2H3,(H,25,29). The van der Waals surface area contributed by atoms with Crippen molar-refractivity contribution in [3.05, 3.63) is 90.8 Å². The van der Waals surface area contributed by atoms with Crippen molar-refractivity contribution in [1.82, 2.24) is 15.0 Å². The lowest BCUT2D eigenvalue weighted by molar-refractivity contribution is 0.206. The summed E-state index contributed by atoms with van der Waals surface area (Å²) in [7, 11) is 0. The van der Waals surface area contributed by atoms with Crippen molar-refractivity contribution in [1.29, 1.82) is 0 Å². The molecule has 4 rings (SSSR count). The van der Waals surface area contributed by atoms with E-state index in [4.69, 9.17) is 4.52 Å². The molecule has 30 heavy (non-hydrogen) atoms. The van der Waals surface area contributed by atoms with Crippen molar-refractivity contribution in [3.8, 4) is 11.4 Å². The van der Waals surface area contributed by atoms with E-state index in [1.165, 1.54) is 0 Å². The van der Waals surface area contributed by atoms with E-state index in [1.54, 1.807) is 11.0 Å². The largest absolute Gasteiger partial charge is 0.337 e. The first-order chi connectivity index (χ1) is 14.6. The van der Waals surface area contributed by atoms with Gasteiger partial charge >= 0.3 is 6.03 Å². The predicted octanol–water partition coefficient (Wildman–Crippen LogP) is 5.42. The molecule has 0 bridgehead atoms. The fourth-order valence-electron chi connectivity index (χ4n) is 3.21. The molecule has 150 valence electrons. The molecule has 0 unspecified atom stereocenters. The summed E-state index contributed by atoms with van der Waals surface area (Å²) in [6.45, 7) is 6.30. The molecule has 0 saturated heterocycles. The summed E-state index contributed by atoms with van der Waals surface area (Å²) in [4.78, 5) is 19.0. The maximum absolute atomic E-state index is 12.9. The number of urea groups is 1. The summed E-state index contributed by atoms with van der Waals surface area (Å²) in [5.74, 6) is 0.860. The fourth-order valence-corrected chi connectivity index (χ4v) is 3.21. The van der Waals surface area contributed by atoms with Crippen molar-refractivity contribution in [3.63, 3.8) is 0 Å². The highest BCUT2D eigenvalue weighted by Crippen LogP contribution is 2.23. The molecular weight excluding hydrogens is 376 g/mol. The number of hydrogen-bond donors (Lipinski definition) is 1. The summed E-state index contributed by atoms with van der Waals surface area (Å²) in [6, 6.07) is 21.3. The van der Waals surface area contributed by atoms with E-state index in [2.05, 4.69) is 22.0 Å². The molecule has 0 fully saturated rings. The van der Waals surface area contributed by atoms with Crippen LogP contribution in [0.3, 0.4) is 0 Å². The first-order valence-electron chi connectivity index (χ1n) is 9.68. The van der Waals surface area contributed by atoms with Gasteiger partial charge in [-0.25, -0.2) is 4.79 Å². The Hall–Kier alpha value is -3.93. The fraction of sp³-hybridized carbons (Fsp3) is 0.125. The maximum atomic E-state index is 12.9. The first kappa shape index (κ1) is 19.4. The van der Waals surface area contributed by atoms with Crippen LogP contribution in [0.25, 0.3) is 22.2 Å². The van der Waals surface area contributed by atoms with Crippen LogP contribution in [0, 0.1) is 6.92 Å². The summed E-state index contributed by atoms with van der Waals surface area (Å²) >= 11 is 0. The quantitative estimate of drug-likeness (QED) is 0.440. The van der Waals surface area contributed by atoms with Crippen LogP contribution in [0.15, 0.2) is 83.9 Å². The van der Waals surface area contributed by atoms with Crippen molar-refractivity contribution in [2.45, 2.75) is 13.5 Å². The van der Waals surface area contributed by atoms with Gasteiger partial charge in [-0.15, -0.1) is 6.58 Å². The molecule has 2 amide bonds. The molecule has 1 N–H and O–H groups in total. The van der Waals surface area contributed by atoms with Gasteiger partial charge in [0.1, 0.15) is 6.54 Å². The van der Waals surface area contributed by atoms with Gasteiger partial charge in [-0.2, -0.15) is 4.98 Å². The minimum atomic E-state index is -0.263. The van der Waals surface area contributed by atoms with E-state index < -0.39 is 0 Å². The lowest BCUT2D eigenvalue weighted by atomic mass is 10.1. The van der Waals surface area contributed by atoms with Gasteiger partial charge in [-0.1, -0.05) is 77.5 Å².